The van der Waals surface area contributed by atoms with Crippen molar-refractivity contribution in [1.29, 1.82) is 0 Å². The Morgan fingerprint density at radius 2 is 1.85 bits per heavy atom. The summed E-state index contributed by atoms with van der Waals surface area (Å²) < 4.78 is 6.57. The fraction of sp³-hybridized carbons (Fsp3) is 0.211. The quantitative estimate of drug-likeness (QED) is 0.576. The zero-order valence-electron chi connectivity index (χ0n) is 14.5. The predicted molar refractivity (Wildman–Crippen MR) is 104 cm³/mol. The van der Waals surface area contributed by atoms with E-state index in [1.54, 1.807) is 24.1 Å². The lowest BCUT2D eigenvalue weighted by Gasteiger charge is -2.06. The van der Waals surface area contributed by atoms with Crippen molar-refractivity contribution >= 4 is 29.5 Å². The van der Waals surface area contributed by atoms with Crippen molar-refractivity contribution in [1.82, 2.24) is 14.4 Å². The van der Waals surface area contributed by atoms with Gasteiger partial charge in [0.25, 0.3) is 0 Å². The molecular weight excluding hydrogens is 370 g/mol. The van der Waals surface area contributed by atoms with Crippen molar-refractivity contribution in [2.24, 2.45) is 0 Å². The van der Waals surface area contributed by atoms with Crippen LogP contribution in [0.2, 0.25) is 5.02 Å². The number of rotatable bonds is 6. The average Bonchev–Trinajstić information content (AvgIpc) is 3.09. The molecule has 0 spiro atoms. The molecule has 0 fully saturated rings. The highest BCUT2D eigenvalue weighted by atomic mass is 35.5. The van der Waals surface area contributed by atoms with E-state index in [1.165, 1.54) is 7.11 Å². The van der Waals surface area contributed by atoms with E-state index in [4.69, 9.17) is 16.3 Å². The summed E-state index contributed by atoms with van der Waals surface area (Å²) in [6.45, 7) is 2.08. The van der Waals surface area contributed by atoms with Gasteiger partial charge in [-0.1, -0.05) is 48.0 Å². The minimum Gasteiger partial charge on any atom is -0.465 e. The summed E-state index contributed by atoms with van der Waals surface area (Å²) >= 11 is 7.53. The van der Waals surface area contributed by atoms with Gasteiger partial charge in [-0.15, -0.1) is 5.10 Å². The number of ether oxygens (including phenoxy) is 1. The van der Waals surface area contributed by atoms with Crippen LogP contribution in [0.3, 0.4) is 0 Å². The van der Waals surface area contributed by atoms with Crippen molar-refractivity contribution in [3.63, 3.8) is 0 Å². The Balaban J connectivity index is 1.74. The monoisotopic (exact) mass is 387 g/mol. The van der Waals surface area contributed by atoms with Gasteiger partial charge in [0, 0.05) is 16.3 Å². The van der Waals surface area contributed by atoms with Crippen LogP contribution in [-0.4, -0.2) is 27.5 Å². The van der Waals surface area contributed by atoms with E-state index < -0.39 is 0 Å². The number of aromatic nitrogens is 3. The summed E-state index contributed by atoms with van der Waals surface area (Å²) in [5.74, 6) is 0.388. The lowest BCUT2D eigenvalue weighted by molar-refractivity contribution is 0.0600. The molecule has 0 atom stereocenters. The van der Waals surface area contributed by atoms with Gasteiger partial charge in [0.15, 0.2) is 0 Å². The van der Waals surface area contributed by atoms with Crippen LogP contribution in [0.4, 0.5) is 0 Å². The number of halogens is 1. The maximum atomic E-state index is 11.5. The number of carbonyl (C=O) groups is 1. The molecule has 0 bridgehead atoms. The predicted octanol–water partition coefficient (Wildman–Crippen LogP) is 4.64. The minimum absolute atomic E-state index is 0.332. The molecule has 134 valence electrons. The highest BCUT2D eigenvalue weighted by Gasteiger charge is 2.14. The Bertz CT molecular complexity index is 892. The molecule has 1 heterocycles. The SMILES string of the molecule is CCc1c(-c2ccc(Cl)cc2)nnn1SCc1ccc(C(=O)OC)cc1. The smallest absolute Gasteiger partial charge is 0.337 e. The van der Waals surface area contributed by atoms with Gasteiger partial charge in [-0.05, 0) is 48.2 Å². The number of nitrogens with zero attached hydrogens (tertiary/aromatic N) is 3. The second kappa shape index (κ2) is 8.38. The Hall–Kier alpha value is -2.31. The Labute approximate surface area is 161 Å². The van der Waals surface area contributed by atoms with Crippen LogP contribution in [0.1, 0.15) is 28.5 Å². The number of benzene rings is 2. The second-order valence-electron chi connectivity index (χ2n) is 5.58. The van der Waals surface area contributed by atoms with E-state index in [1.807, 2.05) is 40.5 Å². The largest absolute Gasteiger partial charge is 0.465 e. The van der Waals surface area contributed by atoms with Gasteiger partial charge in [-0.25, -0.2) is 4.79 Å². The van der Waals surface area contributed by atoms with Crippen LogP contribution >= 0.6 is 23.5 Å². The number of hydrogen-bond acceptors (Lipinski definition) is 5. The summed E-state index contributed by atoms with van der Waals surface area (Å²) in [6, 6.07) is 15.0. The second-order valence-corrected chi connectivity index (χ2v) is 6.91. The fourth-order valence-electron chi connectivity index (χ4n) is 2.52. The molecule has 3 rings (SSSR count). The summed E-state index contributed by atoms with van der Waals surface area (Å²) in [4.78, 5) is 11.5. The molecule has 0 unspecified atom stereocenters. The molecule has 1 aromatic heterocycles. The molecule has 2 aromatic carbocycles. The first kappa shape index (κ1) is 18.5. The van der Waals surface area contributed by atoms with Crippen LogP contribution in [0.25, 0.3) is 11.3 Å². The van der Waals surface area contributed by atoms with Crippen molar-refractivity contribution < 1.29 is 9.53 Å². The molecule has 26 heavy (non-hydrogen) atoms. The molecule has 0 aliphatic rings. The van der Waals surface area contributed by atoms with Crippen LogP contribution in [0.15, 0.2) is 48.5 Å². The third-order valence-corrected chi connectivity index (χ3v) is 5.16. The molecule has 3 aromatic rings. The topological polar surface area (TPSA) is 57.0 Å². The zero-order chi connectivity index (χ0) is 18.5. The first-order chi connectivity index (χ1) is 12.6. The van der Waals surface area contributed by atoms with Gasteiger partial charge in [-0.3, -0.25) is 0 Å². The van der Waals surface area contributed by atoms with E-state index >= 15 is 0 Å². The van der Waals surface area contributed by atoms with E-state index in [9.17, 15) is 4.79 Å². The zero-order valence-corrected chi connectivity index (χ0v) is 16.0. The minimum atomic E-state index is -0.332. The highest BCUT2D eigenvalue weighted by Crippen LogP contribution is 2.26. The van der Waals surface area contributed by atoms with E-state index in [0.717, 1.165) is 34.7 Å². The highest BCUT2D eigenvalue weighted by molar-refractivity contribution is 7.96. The van der Waals surface area contributed by atoms with Gasteiger partial charge in [0.05, 0.1) is 18.4 Å². The third-order valence-electron chi connectivity index (χ3n) is 3.91. The summed E-state index contributed by atoms with van der Waals surface area (Å²) in [5, 5.41) is 9.32. The lowest BCUT2D eigenvalue weighted by atomic mass is 10.1. The number of carbonyl (C=O) groups excluding carboxylic acids is 1. The lowest BCUT2D eigenvalue weighted by Crippen LogP contribution is -2.01. The Morgan fingerprint density at radius 1 is 1.15 bits per heavy atom. The molecule has 5 nitrogen and oxygen atoms in total. The van der Waals surface area contributed by atoms with Crippen molar-refractivity contribution in [2.75, 3.05) is 7.11 Å². The van der Waals surface area contributed by atoms with E-state index in [0.29, 0.717) is 10.6 Å². The molecule has 0 radical (unpaired) electrons. The van der Waals surface area contributed by atoms with Crippen LogP contribution < -0.4 is 0 Å². The van der Waals surface area contributed by atoms with Crippen molar-refractivity contribution in [3.05, 3.63) is 70.4 Å². The number of methoxy groups -OCH3 is 1. The summed E-state index contributed by atoms with van der Waals surface area (Å²) in [6.07, 6.45) is 0.819. The number of esters is 1. The molecule has 7 heteroatoms. The van der Waals surface area contributed by atoms with Gasteiger partial charge in [0.1, 0.15) is 5.69 Å². The summed E-state index contributed by atoms with van der Waals surface area (Å²) in [5.41, 5.74) is 4.57. The summed E-state index contributed by atoms with van der Waals surface area (Å²) in [7, 11) is 1.38. The van der Waals surface area contributed by atoms with Gasteiger partial charge >= 0.3 is 5.97 Å². The Morgan fingerprint density at radius 3 is 2.46 bits per heavy atom. The normalized spacial score (nSPS) is 10.7. The third kappa shape index (κ3) is 4.08. The Kier molecular flexibility index (Phi) is 5.96. The molecular formula is C19H18ClN3O2S. The van der Waals surface area contributed by atoms with Crippen molar-refractivity contribution in [3.8, 4) is 11.3 Å². The van der Waals surface area contributed by atoms with Crippen LogP contribution in [-0.2, 0) is 16.9 Å². The molecule has 0 amide bonds. The maximum absolute atomic E-state index is 11.5. The molecule has 0 aliphatic carbocycles. The van der Waals surface area contributed by atoms with Gasteiger partial charge in [-0.2, -0.15) is 4.09 Å². The van der Waals surface area contributed by atoms with Crippen LogP contribution in [0, 0.1) is 0 Å². The van der Waals surface area contributed by atoms with E-state index in [2.05, 4.69) is 17.2 Å². The standard InChI is InChI=1S/C19H18ClN3O2S/c1-3-17-18(14-8-10-16(20)11-9-14)21-22-23(17)26-12-13-4-6-15(7-5-13)19(24)25-2/h4-11H,3,12H2,1-2H3. The maximum Gasteiger partial charge on any atom is 0.337 e. The first-order valence-electron chi connectivity index (χ1n) is 8.13. The first-order valence-corrected chi connectivity index (χ1v) is 9.45. The van der Waals surface area contributed by atoms with Crippen LogP contribution in [0.5, 0.6) is 0 Å². The molecule has 0 saturated carbocycles. The fourth-order valence-corrected chi connectivity index (χ4v) is 3.57. The molecule has 0 N–H and O–H groups in total. The van der Waals surface area contributed by atoms with Gasteiger partial charge < -0.3 is 4.74 Å². The van der Waals surface area contributed by atoms with E-state index in [-0.39, 0.29) is 5.97 Å². The average molecular weight is 388 g/mol. The molecule has 0 aliphatic heterocycles. The number of hydrogen-bond donors (Lipinski definition) is 0. The molecule has 0 saturated heterocycles. The van der Waals surface area contributed by atoms with Crippen molar-refractivity contribution in [2.45, 2.75) is 19.1 Å². The van der Waals surface area contributed by atoms with Gasteiger partial charge in [0.2, 0.25) is 0 Å².